The van der Waals surface area contributed by atoms with E-state index in [0.29, 0.717) is 12.8 Å². The average molecular weight is 158 g/mol. The smallest absolute Gasteiger partial charge is 0.139 e. The third kappa shape index (κ3) is 1.99. The Morgan fingerprint density at radius 2 is 2.09 bits per heavy atom. The fourth-order valence-electron chi connectivity index (χ4n) is 1.20. The van der Waals surface area contributed by atoms with E-state index in [-0.39, 0.29) is 0 Å². The van der Waals surface area contributed by atoms with Gasteiger partial charge < -0.3 is 15.4 Å². The zero-order chi connectivity index (χ0) is 8.32. The summed E-state index contributed by atoms with van der Waals surface area (Å²) in [6.07, 6.45) is 2.22. The van der Waals surface area contributed by atoms with Crippen molar-refractivity contribution < 1.29 is 9.63 Å². The molecule has 0 spiro atoms. The molecule has 1 fully saturated rings. The van der Waals surface area contributed by atoms with E-state index in [1.807, 2.05) is 5.06 Å². The minimum Gasteiger partial charge on any atom is -0.319 e. The van der Waals surface area contributed by atoms with Gasteiger partial charge in [0.15, 0.2) is 0 Å². The van der Waals surface area contributed by atoms with Gasteiger partial charge in [0.05, 0.1) is 12.6 Å². The summed E-state index contributed by atoms with van der Waals surface area (Å²) in [5, 5.41) is 1.81. The molecule has 1 aliphatic heterocycles. The van der Waals surface area contributed by atoms with E-state index in [2.05, 4.69) is 0 Å². The molecular weight excluding hydrogens is 144 g/mol. The van der Waals surface area contributed by atoms with Crippen LogP contribution in [-0.2, 0) is 9.63 Å². The number of aldehydes is 1. The molecule has 0 bridgehead atoms. The molecule has 2 N–H and O–H groups in total. The van der Waals surface area contributed by atoms with E-state index in [0.717, 1.165) is 19.4 Å². The molecule has 0 aromatic rings. The van der Waals surface area contributed by atoms with Gasteiger partial charge in [-0.2, -0.15) is 5.06 Å². The molecule has 1 heterocycles. The van der Waals surface area contributed by atoms with Gasteiger partial charge in [0, 0.05) is 13.1 Å². The van der Waals surface area contributed by atoms with E-state index in [1.165, 1.54) is 0 Å². The Morgan fingerprint density at radius 3 is 2.45 bits per heavy atom. The molecule has 11 heavy (non-hydrogen) atoms. The Hall–Kier alpha value is -0.450. The largest absolute Gasteiger partial charge is 0.319 e. The molecule has 1 rings (SSSR count). The molecule has 4 heteroatoms. The van der Waals surface area contributed by atoms with Gasteiger partial charge >= 0.3 is 0 Å². The predicted octanol–water partition coefficient (Wildman–Crippen LogP) is -0.460. The van der Waals surface area contributed by atoms with Crippen LogP contribution in [-0.4, -0.2) is 37.1 Å². The number of piperidine rings is 1. The maximum atomic E-state index is 10.5. The zero-order valence-electron chi connectivity index (χ0n) is 6.75. The molecule has 0 amide bonds. The minimum absolute atomic E-state index is 0.602. The second-order valence-electron chi connectivity index (χ2n) is 2.96. The molecule has 64 valence electrons. The highest BCUT2D eigenvalue weighted by Gasteiger charge is 2.29. The van der Waals surface area contributed by atoms with Gasteiger partial charge in [-0.3, -0.25) is 0 Å². The highest BCUT2D eigenvalue weighted by Crippen LogP contribution is 2.16. The van der Waals surface area contributed by atoms with Gasteiger partial charge in [0.1, 0.15) is 6.29 Å². The Bertz CT molecular complexity index is 141. The van der Waals surface area contributed by atoms with Crippen LogP contribution >= 0.6 is 0 Å². The van der Waals surface area contributed by atoms with Crippen molar-refractivity contribution in [1.82, 2.24) is 5.06 Å². The second-order valence-corrected chi connectivity index (χ2v) is 2.96. The lowest BCUT2D eigenvalue weighted by Gasteiger charge is -2.33. The van der Waals surface area contributed by atoms with Crippen LogP contribution in [0, 0.1) is 0 Å². The number of hydroxylamine groups is 2. The SMILES string of the molecule is CON1CCC(N)(C=O)CC1. The maximum Gasteiger partial charge on any atom is 0.139 e. The minimum atomic E-state index is -0.602. The molecule has 0 atom stereocenters. The summed E-state index contributed by atoms with van der Waals surface area (Å²) < 4.78 is 0. The highest BCUT2D eigenvalue weighted by atomic mass is 16.7. The first-order valence-corrected chi connectivity index (χ1v) is 3.74. The van der Waals surface area contributed by atoms with Gasteiger partial charge in [-0.15, -0.1) is 0 Å². The fourth-order valence-corrected chi connectivity index (χ4v) is 1.20. The van der Waals surface area contributed by atoms with Crippen LogP contribution in [0.4, 0.5) is 0 Å². The molecular formula is C7H14N2O2. The number of carbonyl (C=O) groups excluding carboxylic acids is 1. The molecule has 1 aliphatic rings. The van der Waals surface area contributed by atoms with Gasteiger partial charge in [0.25, 0.3) is 0 Å². The maximum absolute atomic E-state index is 10.5. The lowest BCUT2D eigenvalue weighted by Crippen LogP contribution is -2.51. The molecule has 0 radical (unpaired) electrons. The lowest BCUT2D eigenvalue weighted by molar-refractivity contribution is -0.152. The van der Waals surface area contributed by atoms with Crippen molar-refractivity contribution in [1.29, 1.82) is 0 Å². The van der Waals surface area contributed by atoms with Crippen molar-refractivity contribution in [2.75, 3.05) is 20.2 Å². The van der Waals surface area contributed by atoms with Crippen molar-refractivity contribution in [3.8, 4) is 0 Å². The number of hydrogen-bond acceptors (Lipinski definition) is 4. The predicted molar refractivity (Wildman–Crippen MR) is 40.8 cm³/mol. The normalized spacial score (nSPS) is 24.9. The molecule has 0 unspecified atom stereocenters. The number of nitrogens with two attached hydrogens (primary N) is 1. The summed E-state index contributed by atoms with van der Waals surface area (Å²) in [4.78, 5) is 15.5. The van der Waals surface area contributed by atoms with Crippen molar-refractivity contribution >= 4 is 6.29 Å². The summed E-state index contributed by atoms with van der Waals surface area (Å²) in [6, 6.07) is 0. The summed E-state index contributed by atoms with van der Waals surface area (Å²) >= 11 is 0. The van der Waals surface area contributed by atoms with Crippen LogP contribution in [0.5, 0.6) is 0 Å². The number of hydrogen-bond donors (Lipinski definition) is 1. The van der Waals surface area contributed by atoms with E-state index >= 15 is 0 Å². The number of rotatable bonds is 2. The zero-order valence-corrected chi connectivity index (χ0v) is 6.75. The van der Waals surface area contributed by atoms with Gasteiger partial charge in [-0.1, -0.05) is 0 Å². The van der Waals surface area contributed by atoms with Gasteiger partial charge in [-0.05, 0) is 12.8 Å². The standard InChI is InChI=1S/C7H14N2O2/c1-11-9-4-2-7(8,6-10)3-5-9/h6H,2-5,8H2,1H3. The van der Waals surface area contributed by atoms with Crippen molar-refractivity contribution in [2.45, 2.75) is 18.4 Å². The topological polar surface area (TPSA) is 55.6 Å². The van der Waals surface area contributed by atoms with E-state index in [4.69, 9.17) is 10.6 Å². The molecule has 0 saturated carbocycles. The second kappa shape index (κ2) is 3.30. The molecule has 0 aliphatic carbocycles. The summed E-state index contributed by atoms with van der Waals surface area (Å²) in [5.74, 6) is 0. The fraction of sp³-hybridized carbons (Fsp3) is 0.857. The van der Waals surface area contributed by atoms with Crippen molar-refractivity contribution in [3.05, 3.63) is 0 Å². The van der Waals surface area contributed by atoms with E-state index in [1.54, 1.807) is 7.11 Å². The van der Waals surface area contributed by atoms with Crippen LogP contribution in [0.1, 0.15) is 12.8 Å². The number of nitrogens with zero attached hydrogens (tertiary/aromatic N) is 1. The third-order valence-electron chi connectivity index (χ3n) is 2.15. The monoisotopic (exact) mass is 158 g/mol. The van der Waals surface area contributed by atoms with Gasteiger partial charge in [0.2, 0.25) is 0 Å². The first kappa shape index (κ1) is 8.64. The Labute approximate surface area is 66.3 Å². The van der Waals surface area contributed by atoms with E-state index < -0.39 is 5.54 Å². The third-order valence-corrected chi connectivity index (χ3v) is 2.15. The summed E-state index contributed by atoms with van der Waals surface area (Å²) in [7, 11) is 1.63. The quantitative estimate of drug-likeness (QED) is 0.552. The highest BCUT2D eigenvalue weighted by molar-refractivity contribution is 5.63. The Balaban J connectivity index is 2.41. The lowest BCUT2D eigenvalue weighted by atomic mass is 9.91. The van der Waals surface area contributed by atoms with Crippen LogP contribution < -0.4 is 5.73 Å². The first-order chi connectivity index (χ1) is 5.20. The molecule has 0 aromatic carbocycles. The summed E-state index contributed by atoms with van der Waals surface area (Å²) in [6.45, 7) is 1.48. The van der Waals surface area contributed by atoms with Crippen LogP contribution in [0.15, 0.2) is 0 Å². The van der Waals surface area contributed by atoms with Crippen LogP contribution in [0.2, 0.25) is 0 Å². The molecule has 4 nitrogen and oxygen atoms in total. The van der Waals surface area contributed by atoms with Gasteiger partial charge in [-0.25, -0.2) is 0 Å². The average Bonchev–Trinajstić information content (AvgIpc) is 2.06. The number of carbonyl (C=O) groups is 1. The Kier molecular flexibility index (Phi) is 2.59. The summed E-state index contributed by atoms with van der Waals surface area (Å²) in [5.41, 5.74) is 5.12. The van der Waals surface area contributed by atoms with Crippen molar-refractivity contribution in [3.63, 3.8) is 0 Å². The molecule has 1 saturated heterocycles. The van der Waals surface area contributed by atoms with Crippen molar-refractivity contribution in [2.24, 2.45) is 5.73 Å². The first-order valence-electron chi connectivity index (χ1n) is 3.74. The van der Waals surface area contributed by atoms with Crippen LogP contribution in [0.3, 0.4) is 0 Å². The van der Waals surface area contributed by atoms with Crippen LogP contribution in [0.25, 0.3) is 0 Å². The molecule has 0 aromatic heterocycles. The van der Waals surface area contributed by atoms with E-state index in [9.17, 15) is 4.79 Å². The Morgan fingerprint density at radius 1 is 1.55 bits per heavy atom.